The molecule has 0 bridgehead atoms. The van der Waals surface area contributed by atoms with Gasteiger partial charge in [-0.15, -0.1) is 0 Å². The van der Waals surface area contributed by atoms with Crippen molar-refractivity contribution in [3.05, 3.63) is 54.9 Å². The highest BCUT2D eigenvalue weighted by atomic mass is 15.1. The van der Waals surface area contributed by atoms with Crippen LogP contribution >= 0.6 is 0 Å². The number of hydrogen-bond donors (Lipinski definition) is 2. The number of benzene rings is 1. The quantitative estimate of drug-likeness (QED) is 0.760. The fraction of sp³-hybridized carbons (Fsp3) is 0.0714. The first-order valence-electron chi connectivity index (χ1n) is 6.16. The molecule has 0 aliphatic rings. The van der Waals surface area contributed by atoms with E-state index in [0.29, 0.717) is 17.3 Å². The number of rotatable bonds is 3. The molecule has 6 nitrogen and oxygen atoms in total. The fourth-order valence-corrected chi connectivity index (χ4v) is 1.94. The van der Waals surface area contributed by atoms with Gasteiger partial charge in [-0.1, -0.05) is 12.1 Å². The van der Waals surface area contributed by atoms with Crippen LogP contribution in [0.15, 0.2) is 49.3 Å². The van der Waals surface area contributed by atoms with E-state index >= 15 is 0 Å². The van der Waals surface area contributed by atoms with Gasteiger partial charge in [-0.05, 0) is 24.6 Å². The van der Waals surface area contributed by atoms with Crippen LogP contribution in [0.5, 0.6) is 0 Å². The second-order valence-electron chi connectivity index (χ2n) is 4.42. The van der Waals surface area contributed by atoms with Crippen molar-refractivity contribution in [3.8, 4) is 5.82 Å². The van der Waals surface area contributed by atoms with Crippen LogP contribution in [0.25, 0.3) is 5.82 Å². The van der Waals surface area contributed by atoms with Crippen molar-refractivity contribution in [1.82, 2.24) is 19.5 Å². The minimum atomic E-state index is 0.479. The first-order valence-corrected chi connectivity index (χ1v) is 6.16. The van der Waals surface area contributed by atoms with E-state index in [-0.39, 0.29) is 0 Å². The standard InChI is InChI=1S/C14H14N6/c1-10-3-2-4-11(7-10)19-13-12(15)14(18-8-17-13)20-6-5-16-9-20/h2-9H,15H2,1H3,(H,17,18,19). The van der Waals surface area contributed by atoms with E-state index < -0.39 is 0 Å². The van der Waals surface area contributed by atoms with Gasteiger partial charge in [0.15, 0.2) is 11.6 Å². The Morgan fingerprint density at radius 1 is 1.25 bits per heavy atom. The summed E-state index contributed by atoms with van der Waals surface area (Å²) in [5.41, 5.74) is 8.70. The monoisotopic (exact) mass is 266 g/mol. The van der Waals surface area contributed by atoms with Crippen molar-refractivity contribution in [3.63, 3.8) is 0 Å². The van der Waals surface area contributed by atoms with Crippen LogP contribution in [-0.4, -0.2) is 19.5 Å². The van der Waals surface area contributed by atoms with Gasteiger partial charge >= 0.3 is 0 Å². The summed E-state index contributed by atoms with van der Waals surface area (Å²) < 4.78 is 1.75. The first kappa shape index (κ1) is 12.2. The lowest BCUT2D eigenvalue weighted by atomic mass is 10.2. The predicted octanol–water partition coefficient (Wildman–Crippen LogP) is 2.30. The number of anilines is 3. The summed E-state index contributed by atoms with van der Waals surface area (Å²) >= 11 is 0. The summed E-state index contributed by atoms with van der Waals surface area (Å²) in [6.45, 7) is 2.03. The molecule has 0 saturated carbocycles. The molecule has 0 unspecified atom stereocenters. The van der Waals surface area contributed by atoms with Crippen LogP contribution in [0.1, 0.15) is 5.56 Å². The van der Waals surface area contributed by atoms with Gasteiger partial charge in [0.2, 0.25) is 0 Å². The molecule has 0 spiro atoms. The van der Waals surface area contributed by atoms with Crippen molar-refractivity contribution >= 4 is 17.2 Å². The highest BCUT2D eigenvalue weighted by molar-refractivity contribution is 5.74. The Morgan fingerprint density at radius 3 is 2.90 bits per heavy atom. The molecule has 2 heterocycles. The van der Waals surface area contributed by atoms with Gasteiger partial charge in [0.05, 0.1) is 0 Å². The van der Waals surface area contributed by atoms with Gasteiger partial charge in [0.1, 0.15) is 18.3 Å². The summed E-state index contributed by atoms with van der Waals surface area (Å²) in [5.74, 6) is 1.18. The van der Waals surface area contributed by atoms with Crippen LogP contribution in [0, 0.1) is 6.92 Å². The third-order valence-electron chi connectivity index (χ3n) is 2.89. The Hall–Kier alpha value is -2.89. The Labute approximate surface area is 116 Å². The zero-order valence-corrected chi connectivity index (χ0v) is 11.0. The molecule has 20 heavy (non-hydrogen) atoms. The van der Waals surface area contributed by atoms with Crippen LogP contribution in [0.3, 0.4) is 0 Å². The van der Waals surface area contributed by atoms with Gasteiger partial charge < -0.3 is 11.1 Å². The molecule has 0 aliphatic carbocycles. The molecule has 100 valence electrons. The lowest BCUT2D eigenvalue weighted by molar-refractivity contribution is 0.977. The predicted molar refractivity (Wildman–Crippen MR) is 78.0 cm³/mol. The fourth-order valence-electron chi connectivity index (χ4n) is 1.94. The third-order valence-corrected chi connectivity index (χ3v) is 2.89. The first-order chi connectivity index (χ1) is 9.74. The molecule has 3 aromatic rings. The summed E-state index contributed by atoms with van der Waals surface area (Å²) in [4.78, 5) is 12.4. The Balaban J connectivity index is 1.97. The highest BCUT2D eigenvalue weighted by Crippen LogP contribution is 2.24. The number of nitrogens with two attached hydrogens (primary N) is 1. The van der Waals surface area contributed by atoms with E-state index in [1.165, 1.54) is 6.33 Å². The molecule has 2 aromatic heterocycles. The zero-order chi connectivity index (χ0) is 13.9. The van der Waals surface area contributed by atoms with Gasteiger partial charge in [-0.25, -0.2) is 15.0 Å². The van der Waals surface area contributed by atoms with Crippen molar-refractivity contribution in [2.75, 3.05) is 11.1 Å². The SMILES string of the molecule is Cc1cccc(Nc2ncnc(-n3ccnc3)c2N)c1. The van der Waals surface area contributed by atoms with E-state index in [1.807, 2.05) is 31.2 Å². The summed E-state index contributed by atoms with van der Waals surface area (Å²) in [5, 5.41) is 3.21. The van der Waals surface area contributed by atoms with E-state index in [4.69, 9.17) is 5.73 Å². The topological polar surface area (TPSA) is 81.7 Å². The summed E-state index contributed by atoms with van der Waals surface area (Å²) in [6.07, 6.45) is 6.59. The maximum absolute atomic E-state index is 6.12. The number of nitrogen functional groups attached to an aromatic ring is 1. The van der Waals surface area contributed by atoms with Crippen molar-refractivity contribution in [1.29, 1.82) is 0 Å². The number of imidazole rings is 1. The van der Waals surface area contributed by atoms with Crippen LogP contribution in [0.4, 0.5) is 17.2 Å². The molecular weight excluding hydrogens is 252 g/mol. The average Bonchev–Trinajstić information content (AvgIpc) is 2.95. The van der Waals surface area contributed by atoms with Crippen LogP contribution in [0.2, 0.25) is 0 Å². The molecule has 0 saturated heterocycles. The molecule has 0 amide bonds. The zero-order valence-electron chi connectivity index (χ0n) is 11.0. The van der Waals surface area contributed by atoms with Gasteiger partial charge in [0, 0.05) is 18.1 Å². The number of nitrogens with one attached hydrogen (secondary N) is 1. The van der Waals surface area contributed by atoms with Gasteiger partial charge in [0.25, 0.3) is 0 Å². The van der Waals surface area contributed by atoms with Gasteiger partial charge in [-0.3, -0.25) is 4.57 Å². The number of nitrogens with zero attached hydrogens (tertiary/aromatic N) is 4. The number of aromatic nitrogens is 4. The minimum absolute atomic E-state index is 0.479. The van der Waals surface area contributed by atoms with Crippen molar-refractivity contribution in [2.45, 2.75) is 6.92 Å². The smallest absolute Gasteiger partial charge is 0.166 e. The summed E-state index contributed by atoms with van der Waals surface area (Å²) in [6, 6.07) is 8.00. The maximum atomic E-state index is 6.12. The molecule has 3 N–H and O–H groups in total. The van der Waals surface area contributed by atoms with E-state index in [9.17, 15) is 0 Å². The van der Waals surface area contributed by atoms with E-state index in [0.717, 1.165) is 11.3 Å². The number of hydrogen-bond acceptors (Lipinski definition) is 5. The summed E-state index contributed by atoms with van der Waals surface area (Å²) in [7, 11) is 0. The Kier molecular flexibility index (Phi) is 3.04. The largest absolute Gasteiger partial charge is 0.393 e. The molecule has 0 fully saturated rings. The molecule has 0 atom stereocenters. The second kappa shape index (κ2) is 5.00. The van der Waals surface area contributed by atoms with E-state index in [2.05, 4.69) is 20.3 Å². The van der Waals surface area contributed by atoms with Crippen molar-refractivity contribution in [2.24, 2.45) is 0 Å². The lowest BCUT2D eigenvalue weighted by Crippen LogP contribution is -2.06. The third kappa shape index (κ3) is 2.31. The molecule has 0 radical (unpaired) electrons. The van der Waals surface area contributed by atoms with Crippen LogP contribution in [-0.2, 0) is 0 Å². The molecule has 6 heteroatoms. The van der Waals surface area contributed by atoms with Gasteiger partial charge in [-0.2, -0.15) is 0 Å². The molecular formula is C14H14N6. The van der Waals surface area contributed by atoms with Crippen molar-refractivity contribution < 1.29 is 0 Å². The molecule has 3 rings (SSSR count). The van der Waals surface area contributed by atoms with E-state index in [1.54, 1.807) is 23.3 Å². The maximum Gasteiger partial charge on any atom is 0.166 e. The average molecular weight is 266 g/mol. The number of aryl methyl sites for hydroxylation is 1. The molecule has 0 aliphatic heterocycles. The Morgan fingerprint density at radius 2 is 2.15 bits per heavy atom. The Bertz CT molecular complexity index is 720. The second-order valence-corrected chi connectivity index (χ2v) is 4.42. The lowest BCUT2D eigenvalue weighted by Gasteiger charge is -2.11. The molecule has 1 aromatic carbocycles. The minimum Gasteiger partial charge on any atom is -0.393 e. The normalized spacial score (nSPS) is 10.4. The van der Waals surface area contributed by atoms with Crippen LogP contribution < -0.4 is 11.1 Å². The highest BCUT2D eigenvalue weighted by Gasteiger charge is 2.09.